The monoisotopic (exact) mass is 373 g/mol. The molecule has 3 heterocycles. The Bertz CT molecular complexity index is 758. The van der Waals surface area contributed by atoms with Crippen molar-refractivity contribution < 1.29 is 10.2 Å². The van der Waals surface area contributed by atoms with Crippen LogP contribution in [0.4, 0.5) is 5.69 Å². The molecule has 3 unspecified atom stereocenters. The molecule has 26 heavy (non-hydrogen) atoms. The molecule has 0 bridgehead atoms. The molecule has 2 aliphatic heterocycles. The summed E-state index contributed by atoms with van der Waals surface area (Å²) in [4.78, 5) is 8.69. The van der Waals surface area contributed by atoms with Gasteiger partial charge in [0.1, 0.15) is 0 Å². The third-order valence-corrected chi connectivity index (χ3v) is 5.87. The summed E-state index contributed by atoms with van der Waals surface area (Å²) in [6, 6.07) is 10.2. The van der Waals surface area contributed by atoms with E-state index in [4.69, 9.17) is 11.6 Å². The molecule has 6 heteroatoms. The van der Waals surface area contributed by atoms with Crippen LogP contribution in [0.5, 0.6) is 0 Å². The number of hydrogen-bond donors (Lipinski definition) is 2. The van der Waals surface area contributed by atoms with E-state index in [9.17, 15) is 10.2 Å². The van der Waals surface area contributed by atoms with Crippen molar-refractivity contribution in [3.05, 3.63) is 58.9 Å². The average molecular weight is 374 g/mol. The van der Waals surface area contributed by atoms with E-state index in [1.54, 1.807) is 12.4 Å². The quantitative estimate of drug-likeness (QED) is 0.843. The van der Waals surface area contributed by atoms with Gasteiger partial charge in [0, 0.05) is 61.2 Å². The van der Waals surface area contributed by atoms with Crippen molar-refractivity contribution >= 4 is 17.3 Å². The SMILES string of the molecule is OCCN1CCC2C(C1)c1cc(Cl)ccc1N2CC(O)c1ccncc1. The highest BCUT2D eigenvalue weighted by Gasteiger charge is 2.42. The Labute approximate surface area is 158 Å². The maximum atomic E-state index is 10.7. The molecule has 1 fully saturated rings. The Kier molecular flexibility index (Phi) is 5.14. The summed E-state index contributed by atoms with van der Waals surface area (Å²) in [7, 11) is 0. The number of pyridine rings is 1. The molecule has 4 rings (SSSR count). The van der Waals surface area contributed by atoms with E-state index in [1.165, 1.54) is 11.3 Å². The molecule has 1 saturated heterocycles. The maximum absolute atomic E-state index is 10.7. The molecule has 0 radical (unpaired) electrons. The predicted octanol–water partition coefficient (Wildman–Crippen LogP) is 2.44. The third kappa shape index (κ3) is 3.32. The summed E-state index contributed by atoms with van der Waals surface area (Å²) in [6.07, 6.45) is 3.88. The van der Waals surface area contributed by atoms with Gasteiger partial charge < -0.3 is 20.0 Å². The second-order valence-corrected chi connectivity index (χ2v) is 7.58. The highest BCUT2D eigenvalue weighted by molar-refractivity contribution is 6.30. The number of fused-ring (bicyclic) bond motifs is 3. The van der Waals surface area contributed by atoms with E-state index >= 15 is 0 Å². The molecule has 2 N–H and O–H groups in total. The Hall–Kier alpha value is -1.66. The molecule has 0 amide bonds. The zero-order chi connectivity index (χ0) is 18.1. The number of anilines is 1. The van der Waals surface area contributed by atoms with Crippen LogP contribution in [0.25, 0.3) is 0 Å². The normalized spacial score (nSPS) is 23.6. The van der Waals surface area contributed by atoms with Gasteiger partial charge in [0.2, 0.25) is 0 Å². The molecule has 0 saturated carbocycles. The fourth-order valence-electron chi connectivity index (χ4n) is 4.40. The number of hydrogen-bond acceptors (Lipinski definition) is 5. The lowest BCUT2D eigenvalue weighted by atomic mass is 9.89. The molecule has 5 nitrogen and oxygen atoms in total. The van der Waals surface area contributed by atoms with Gasteiger partial charge in [0.25, 0.3) is 0 Å². The number of rotatable bonds is 5. The van der Waals surface area contributed by atoms with Crippen LogP contribution in [0.1, 0.15) is 29.6 Å². The van der Waals surface area contributed by atoms with Gasteiger partial charge in [-0.05, 0) is 47.9 Å². The maximum Gasteiger partial charge on any atom is 0.0966 e. The van der Waals surface area contributed by atoms with Gasteiger partial charge in [0.15, 0.2) is 0 Å². The number of aliphatic hydroxyl groups is 2. The van der Waals surface area contributed by atoms with E-state index in [0.717, 1.165) is 30.1 Å². The standard InChI is InChI=1S/C20H24ClN3O2/c21-15-1-2-18-16(11-15)17-12-23(9-10-25)8-5-19(17)24(18)13-20(26)14-3-6-22-7-4-14/h1-4,6-7,11,17,19-20,25-26H,5,8-10,12-13H2. The second-order valence-electron chi connectivity index (χ2n) is 7.14. The zero-order valence-electron chi connectivity index (χ0n) is 14.6. The minimum absolute atomic E-state index is 0.185. The Morgan fingerprint density at radius 2 is 2.04 bits per heavy atom. The molecule has 1 aromatic carbocycles. The minimum atomic E-state index is -0.559. The smallest absolute Gasteiger partial charge is 0.0966 e. The first kappa shape index (κ1) is 17.7. The Morgan fingerprint density at radius 1 is 1.23 bits per heavy atom. The van der Waals surface area contributed by atoms with Crippen molar-refractivity contribution in [2.75, 3.05) is 37.7 Å². The van der Waals surface area contributed by atoms with Crippen molar-refractivity contribution in [3.63, 3.8) is 0 Å². The van der Waals surface area contributed by atoms with Gasteiger partial charge in [-0.3, -0.25) is 4.98 Å². The molecule has 2 aromatic rings. The van der Waals surface area contributed by atoms with Crippen LogP contribution in [0, 0.1) is 0 Å². The van der Waals surface area contributed by atoms with Crippen LogP contribution in [-0.2, 0) is 0 Å². The van der Waals surface area contributed by atoms with Crippen molar-refractivity contribution in [2.45, 2.75) is 24.5 Å². The lowest BCUT2D eigenvalue weighted by Crippen LogP contribution is -2.47. The van der Waals surface area contributed by atoms with Crippen LogP contribution in [0.3, 0.4) is 0 Å². The molecule has 0 spiro atoms. The summed E-state index contributed by atoms with van der Waals surface area (Å²) in [5.41, 5.74) is 3.31. The number of likely N-dealkylation sites (tertiary alicyclic amines) is 1. The van der Waals surface area contributed by atoms with Crippen molar-refractivity contribution in [1.29, 1.82) is 0 Å². The van der Waals surface area contributed by atoms with Gasteiger partial charge in [-0.1, -0.05) is 11.6 Å². The van der Waals surface area contributed by atoms with Crippen LogP contribution < -0.4 is 4.90 Å². The molecule has 2 aliphatic rings. The lowest BCUT2D eigenvalue weighted by molar-refractivity contribution is 0.144. The first-order chi connectivity index (χ1) is 12.7. The van der Waals surface area contributed by atoms with E-state index in [1.807, 2.05) is 18.2 Å². The molecular formula is C20H24ClN3O2. The topological polar surface area (TPSA) is 59.8 Å². The number of halogens is 1. The molecule has 0 aliphatic carbocycles. The van der Waals surface area contributed by atoms with Crippen LogP contribution >= 0.6 is 11.6 Å². The third-order valence-electron chi connectivity index (χ3n) is 5.64. The van der Waals surface area contributed by atoms with Crippen LogP contribution in [0.2, 0.25) is 5.02 Å². The number of aromatic nitrogens is 1. The Balaban J connectivity index is 1.61. The summed E-state index contributed by atoms with van der Waals surface area (Å²) in [6.45, 7) is 3.33. The molecule has 1 aromatic heterocycles. The van der Waals surface area contributed by atoms with Gasteiger partial charge in [-0.15, -0.1) is 0 Å². The Morgan fingerprint density at radius 3 is 2.81 bits per heavy atom. The largest absolute Gasteiger partial charge is 0.395 e. The molecule has 138 valence electrons. The first-order valence-corrected chi connectivity index (χ1v) is 9.52. The summed E-state index contributed by atoms with van der Waals surface area (Å²) < 4.78 is 0. The number of benzene rings is 1. The summed E-state index contributed by atoms with van der Waals surface area (Å²) >= 11 is 6.27. The van der Waals surface area contributed by atoms with Crippen molar-refractivity contribution in [2.24, 2.45) is 0 Å². The highest BCUT2D eigenvalue weighted by atomic mass is 35.5. The minimum Gasteiger partial charge on any atom is -0.395 e. The number of β-amino-alcohol motifs (C(OH)–C–C–N with tert-alkyl or cyclic N) is 2. The van der Waals surface area contributed by atoms with E-state index in [0.29, 0.717) is 25.0 Å². The fraction of sp³-hybridized carbons (Fsp3) is 0.450. The number of nitrogens with zero attached hydrogens (tertiary/aromatic N) is 3. The van der Waals surface area contributed by atoms with Gasteiger partial charge in [-0.25, -0.2) is 0 Å². The summed E-state index contributed by atoms with van der Waals surface area (Å²) in [5, 5.41) is 20.8. The van der Waals surface area contributed by atoms with E-state index < -0.39 is 6.10 Å². The van der Waals surface area contributed by atoms with Gasteiger partial charge in [0.05, 0.1) is 12.7 Å². The average Bonchev–Trinajstić information content (AvgIpc) is 2.95. The van der Waals surface area contributed by atoms with Crippen LogP contribution in [0.15, 0.2) is 42.7 Å². The van der Waals surface area contributed by atoms with E-state index in [2.05, 4.69) is 26.9 Å². The number of aliphatic hydroxyl groups excluding tert-OH is 2. The van der Waals surface area contributed by atoms with Crippen molar-refractivity contribution in [3.8, 4) is 0 Å². The fourth-order valence-corrected chi connectivity index (χ4v) is 4.58. The second kappa shape index (κ2) is 7.53. The lowest BCUT2D eigenvalue weighted by Gasteiger charge is -2.39. The van der Waals surface area contributed by atoms with Gasteiger partial charge >= 0.3 is 0 Å². The summed E-state index contributed by atoms with van der Waals surface area (Å²) in [5.74, 6) is 0.355. The number of piperidine rings is 1. The zero-order valence-corrected chi connectivity index (χ0v) is 15.4. The molecular weight excluding hydrogens is 350 g/mol. The predicted molar refractivity (Wildman–Crippen MR) is 103 cm³/mol. The van der Waals surface area contributed by atoms with Crippen LogP contribution in [-0.4, -0.2) is 58.9 Å². The van der Waals surface area contributed by atoms with Gasteiger partial charge in [-0.2, -0.15) is 0 Å². The van der Waals surface area contributed by atoms with Crippen molar-refractivity contribution in [1.82, 2.24) is 9.88 Å². The molecule has 3 atom stereocenters. The first-order valence-electron chi connectivity index (χ1n) is 9.14. The highest BCUT2D eigenvalue weighted by Crippen LogP contribution is 2.46. The van der Waals surface area contributed by atoms with E-state index in [-0.39, 0.29) is 6.61 Å².